The predicted molar refractivity (Wildman–Crippen MR) is 153 cm³/mol. The molecule has 3 aromatic rings. The van der Waals surface area contributed by atoms with E-state index in [9.17, 15) is 14.4 Å². The Morgan fingerprint density at radius 1 is 1.28 bits per heavy atom. The maximum Gasteiger partial charge on any atom is 0.341 e. The zero-order valence-corrected chi connectivity index (χ0v) is 25.1. The summed E-state index contributed by atoms with van der Waals surface area (Å²) in [6.45, 7) is 7.61. The van der Waals surface area contributed by atoms with E-state index in [1.54, 1.807) is 56.8 Å². The van der Waals surface area contributed by atoms with Crippen LogP contribution >= 0.6 is 46.3 Å². The molecular formula is C25H27Cl2N5O5S2. The first-order valence-corrected chi connectivity index (χ1v) is 14.1. The van der Waals surface area contributed by atoms with E-state index >= 15 is 0 Å². The maximum atomic E-state index is 12.9. The molecule has 14 heteroatoms. The van der Waals surface area contributed by atoms with Crippen LogP contribution < -0.4 is 10.1 Å². The van der Waals surface area contributed by atoms with Gasteiger partial charge in [0.1, 0.15) is 10.8 Å². The number of hydrogen-bond donors (Lipinski definition) is 1. The number of carbonyl (C=O) groups excluding carboxylic acids is 3. The molecule has 3 rings (SSSR count). The fourth-order valence-electron chi connectivity index (χ4n) is 3.47. The molecule has 39 heavy (non-hydrogen) atoms. The van der Waals surface area contributed by atoms with E-state index in [1.807, 2.05) is 0 Å². The average Bonchev–Trinajstić information content (AvgIpc) is 3.43. The summed E-state index contributed by atoms with van der Waals surface area (Å²) in [5.74, 6) is -0.412. The number of anilines is 1. The number of rotatable bonds is 11. The van der Waals surface area contributed by atoms with Crippen LogP contribution in [-0.4, -0.2) is 64.4 Å². The van der Waals surface area contributed by atoms with Gasteiger partial charge in [-0.1, -0.05) is 41.0 Å². The average molecular weight is 613 g/mol. The molecule has 10 nitrogen and oxygen atoms in total. The number of esters is 1. The molecule has 0 saturated carbocycles. The van der Waals surface area contributed by atoms with E-state index in [0.717, 1.165) is 23.1 Å². The molecule has 1 N–H and O–H groups in total. The molecule has 0 spiro atoms. The smallest absolute Gasteiger partial charge is 0.341 e. The van der Waals surface area contributed by atoms with Gasteiger partial charge in [0, 0.05) is 25.7 Å². The lowest BCUT2D eigenvalue weighted by atomic mass is 10.1. The van der Waals surface area contributed by atoms with Gasteiger partial charge in [0.15, 0.2) is 17.1 Å². The number of nitrogens with zero attached hydrogens (tertiary/aromatic N) is 4. The van der Waals surface area contributed by atoms with E-state index in [1.165, 1.54) is 12.0 Å². The van der Waals surface area contributed by atoms with Gasteiger partial charge in [-0.15, -0.1) is 28.1 Å². The zero-order chi connectivity index (χ0) is 28.9. The zero-order valence-electron chi connectivity index (χ0n) is 21.9. The first kappa shape index (κ1) is 30.5. The molecule has 2 amide bonds. The van der Waals surface area contributed by atoms with Crippen molar-refractivity contribution in [2.24, 2.45) is 0 Å². The molecule has 0 radical (unpaired) electrons. The lowest BCUT2D eigenvalue weighted by Gasteiger charge is -2.16. The van der Waals surface area contributed by atoms with E-state index in [2.05, 4.69) is 22.1 Å². The molecule has 0 aliphatic rings. The molecule has 1 aromatic carbocycles. The Bertz CT molecular complexity index is 1410. The second kappa shape index (κ2) is 13.3. The first-order chi connectivity index (χ1) is 18.5. The standard InChI is InChI=1S/C25H27Cl2N5O5S2/c1-7-10-32-21(14(3)37-17-9-8-15(26)11-16(17)27)29-30-25(32)38-12-18(33)28-22-19(24(35)36-6)13(2)20(39-22)23(34)31(4)5/h7-9,11,14H,1,10,12H2,2-6H3,(H,28,33). The number of thiophene rings is 1. The number of hydrogen-bond acceptors (Lipinski definition) is 9. The Kier molecular flexibility index (Phi) is 10.4. The Morgan fingerprint density at radius 3 is 2.62 bits per heavy atom. The number of aromatic nitrogens is 3. The monoisotopic (exact) mass is 611 g/mol. The normalized spacial score (nSPS) is 11.6. The predicted octanol–water partition coefficient (Wildman–Crippen LogP) is 5.50. The van der Waals surface area contributed by atoms with E-state index in [0.29, 0.717) is 43.8 Å². The number of halogens is 2. The highest BCUT2D eigenvalue weighted by Crippen LogP contribution is 2.35. The van der Waals surface area contributed by atoms with Gasteiger partial charge < -0.3 is 19.7 Å². The van der Waals surface area contributed by atoms with Crippen LogP contribution in [0.15, 0.2) is 36.0 Å². The van der Waals surface area contributed by atoms with Gasteiger partial charge in [-0.05, 0) is 37.6 Å². The summed E-state index contributed by atoms with van der Waals surface area (Å²) in [5.41, 5.74) is 0.591. The highest BCUT2D eigenvalue weighted by atomic mass is 35.5. The third-order valence-corrected chi connectivity index (χ3v) is 8.03. The van der Waals surface area contributed by atoms with Gasteiger partial charge in [-0.2, -0.15) is 0 Å². The molecule has 2 aromatic heterocycles. The number of ether oxygens (including phenoxy) is 2. The number of carbonyl (C=O) groups is 3. The van der Waals surface area contributed by atoms with Crippen molar-refractivity contribution in [2.45, 2.75) is 31.7 Å². The van der Waals surface area contributed by atoms with Crippen molar-refractivity contribution >= 4 is 69.1 Å². The second-order valence-electron chi connectivity index (χ2n) is 8.36. The summed E-state index contributed by atoms with van der Waals surface area (Å²) in [5, 5.41) is 12.8. The third-order valence-electron chi connectivity index (χ3n) is 5.34. The Morgan fingerprint density at radius 2 is 2.00 bits per heavy atom. The van der Waals surface area contributed by atoms with Gasteiger partial charge in [-0.25, -0.2) is 4.79 Å². The summed E-state index contributed by atoms with van der Waals surface area (Å²) in [6.07, 6.45) is 1.16. The molecule has 0 aliphatic carbocycles. The molecule has 208 valence electrons. The molecule has 2 heterocycles. The highest BCUT2D eigenvalue weighted by molar-refractivity contribution is 7.99. The van der Waals surface area contributed by atoms with Gasteiger partial charge in [-0.3, -0.25) is 14.2 Å². The number of amides is 2. The molecule has 0 saturated heterocycles. The fourth-order valence-corrected chi connectivity index (χ4v) is 5.91. The number of methoxy groups -OCH3 is 1. The van der Waals surface area contributed by atoms with Crippen molar-refractivity contribution in [3.05, 3.63) is 62.7 Å². The minimum absolute atomic E-state index is 0.0396. The molecule has 1 atom stereocenters. The van der Waals surface area contributed by atoms with Crippen LogP contribution in [0.5, 0.6) is 5.75 Å². The number of thioether (sulfide) groups is 1. The highest BCUT2D eigenvalue weighted by Gasteiger charge is 2.27. The summed E-state index contributed by atoms with van der Waals surface area (Å²) < 4.78 is 12.6. The van der Waals surface area contributed by atoms with Crippen LogP contribution in [0.1, 0.15) is 44.4 Å². The van der Waals surface area contributed by atoms with Crippen LogP contribution in [0.2, 0.25) is 10.0 Å². The maximum absolute atomic E-state index is 12.9. The first-order valence-electron chi connectivity index (χ1n) is 11.5. The Balaban J connectivity index is 1.77. The van der Waals surface area contributed by atoms with E-state index in [4.69, 9.17) is 32.7 Å². The molecule has 0 bridgehead atoms. The Labute approximate surface area is 244 Å². The summed E-state index contributed by atoms with van der Waals surface area (Å²) in [7, 11) is 4.46. The van der Waals surface area contributed by atoms with Crippen LogP contribution in [-0.2, 0) is 16.1 Å². The van der Waals surface area contributed by atoms with Crippen molar-refractivity contribution in [3.8, 4) is 5.75 Å². The van der Waals surface area contributed by atoms with E-state index in [-0.39, 0.29) is 22.2 Å². The SMILES string of the molecule is C=CCn1c(SCC(=O)Nc2sc(C(=O)N(C)C)c(C)c2C(=O)OC)nnc1C(C)Oc1ccc(Cl)cc1Cl. The van der Waals surface area contributed by atoms with Gasteiger partial charge in [0.25, 0.3) is 5.91 Å². The van der Waals surface area contributed by atoms with Gasteiger partial charge >= 0.3 is 5.97 Å². The summed E-state index contributed by atoms with van der Waals surface area (Å²) in [4.78, 5) is 39.6. The van der Waals surface area contributed by atoms with E-state index < -0.39 is 18.0 Å². The Hall–Kier alpha value is -3.06. The summed E-state index contributed by atoms with van der Waals surface area (Å²) >= 11 is 14.4. The van der Waals surface area contributed by atoms with Crippen LogP contribution in [0.3, 0.4) is 0 Å². The largest absolute Gasteiger partial charge is 0.481 e. The van der Waals surface area contributed by atoms with Crippen molar-refractivity contribution in [2.75, 3.05) is 32.3 Å². The van der Waals surface area contributed by atoms with Crippen molar-refractivity contribution < 1.29 is 23.9 Å². The van der Waals surface area contributed by atoms with Crippen molar-refractivity contribution in [3.63, 3.8) is 0 Å². The molecule has 0 fully saturated rings. The quantitative estimate of drug-likeness (QED) is 0.172. The van der Waals surface area contributed by atoms with Crippen molar-refractivity contribution in [1.82, 2.24) is 19.7 Å². The lowest BCUT2D eigenvalue weighted by Crippen LogP contribution is -2.21. The van der Waals surface area contributed by atoms with Crippen LogP contribution in [0.25, 0.3) is 0 Å². The van der Waals surface area contributed by atoms with Crippen molar-refractivity contribution in [1.29, 1.82) is 0 Å². The lowest BCUT2D eigenvalue weighted by molar-refractivity contribution is -0.113. The van der Waals surface area contributed by atoms with Gasteiger partial charge in [0.05, 0.1) is 28.3 Å². The topological polar surface area (TPSA) is 116 Å². The van der Waals surface area contributed by atoms with Crippen LogP contribution in [0.4, 0.5) is 5.00 Å². The minimum atomic E-state index is -0.644. The molecule has 0 aliphatic heterocycles. The second-order valence-corrected chi connectivity index (χ2v) is 11.2. The number of nitrogens with one attached hydrogen (secondary N) is 1. The fraction of sp³-hybridized carbons (Fsp3) is 0.320. The molecular weight excluding hydrogens is 585 g/mol. The van der Waals surface area contributed by atoms with Gasteiger partial charge in [0.2, 0.25) is 5.91 Å². The molecule has 1 unspecified atom stereocenters. The third kappa shape index (κ3) is 7.13. The number of benzene rings is 1. The summed E-state index contributed by atoms with van der Waals surface area (Å²) in [6, 6.07) is 4.92. The number of allylic oxidation sites excluding steroid dienone is 1. The minimum Gasteiger partial charge on any atom is -0.481 e. The van der Waals surface area contributed by atoms with Crippen LogP contribution in [0, 0.1) is 6.92 Å².